The fourth-order valence-corrected chi connectivity index (χ4v) is 9.04. The third kappa shape index (κ3) is 4.53. The fraction of sp³-hybridized carbons (Fsp3) is 0.0213. The number of benzene rings is 8. The van der Waals surface area contributed by atoms with E-state index >= 15 is 0 Å². The standard InChI is InChI=1S/C47H29N3OS/c1-2-12-28(13-3-1)45-48-46(50-47(49-45)38-27-29-14-4-5-15-31(29)33-16-6-7-17-34(33)38)36-20-11-22-40-44(36)43-32(19-10-21-39(43)51-40)30-24-25-42-37(26-30)35-18-8-9-23-41(35)52-42/h1-27,45H,(H,48,49,50). The Bertz CT molecular complexity index is 3120. The maximum Gasteiger partial charge on any atom is 0.160 e. The summed E-state index contributed by atoms with van der Waals surface area (Å²) in [7, 11) is 0. The van der Waals surface area contributed by atoms with Crippen LogP contribution in [0.1, 0.15) is 22.9 Å². The van der Waals surface area contributed by atoms with Gasteiger partial charge in [-0.2, -0.15) is 0 Å². The zero-order valence-electron chi connectivity index (χ0n) is 27.9. The molecular formula is C47H29N3OS. The number of fused-ring (bicyclic) bond motifs is 9. The van der Waals surface area contributed by atoms with Crippen LogP contribution in [-0.2, 0) is 0 Å². The van der Waals surface area contributed by atoms with Crippen molar-refractivity contribution in [2.24, 2.45) is 9.98 Å². The van der Waals surface area contributed by atoms with Crippen molar-refractivity contribution in [3.63, 3.8) is 0 Å². The molecule has 0 bridgehead atoms. The Morgan fingerprint density at radius 1 is 0.500 bits per heavy atom. The molecule has 1 atom stereocenters. The van der Waals surface area contributed by atoms with Crippen molar-refractivity contribution in [3.05, 3.63) is 180 Å². The summed E-state index contributed by atoms with van der Waals surface area (Å²) in [5.41, 5.74) is 7.01. The van der Waals surface area contributed by atoms with Crippen LogP contribution in [0.25, 0.3) is 74.8 Å². The first kappa shape index (κ1) is 29.2. The predicted molar refractivity (Wildman–Crippen MR) is 219 cm³/mol. The van der Waals surface area contributed by atoms with Crippen molar-refractivity contribution < 1.29 is 4.42 Å². The van der Waals surface area contributed by atoms with Crippen LogP contribution in [0.5, 0.6) is 0 Å². The highest BCUT2D eigenvalue weighted by Gasteiger charge is 2.26. The first-order chi connectivity index (χ1) is 25.8. The minimum atomic E-state index is -0.337. The van der Waals surface area contributed by atoms with Gasteiger partial charge in [0.2, 0.25) is 0 Å². The molecule has 0 fully saturated rings. The van der Waals surface area contributed by atoms with E-state index in [0.717, 1.165) is 66.4 Å². The number of rotatable bonds is 4. The van der Waals surface area contributed by atoms with Gasteiger partial charge in [0.25, 0.3) is 0 Å². The van der Waals surface area contributed by atoms with Gasteiger partial charge in [-0.25, -0.2) is 9.98 Å². The molecule has 5 heteroatoms. The molecule has 0 amide bonds. The van der Waals surface area contributed by atoms with E-state index < -0.39 is 0 Å². The van der Waals surface area contributed by atoms with E-state index in [0.29, 0.717) is 5.84 Å². The maximum absolute atomic E-state index is 6.61. The summed E-state index contributed by atoms with van der Waals surface area (Å²) >= 11 is 1.84. The summed E-state index contributed by atoms with van der Waals surface area (Å²) in [5, 5.41) is 13.1. The Morgan fingerprint density at radius 2 is 1.17 bits per heavy atom. The Hall–Kier alpha value is -6.56. The van der Waals surface area contributed by atoms with E-state index in [1.807, 2.05) is 17.4 Å². The van der Waals surface area contributed by atoms with Crippen LogP contribution in [0.2, 0.25) is 0 Å². The van der Waals surface area contributed by atoms with Crippen molar-refractivity contribution in [2.45, 2.75) is 6.17 Å². The molecule has 8 aromatic carbocycles. The minimum absolute atomic E-state index is 0.337. The van der Waals surface area contributed by atoms with Gasteiger partial charge >= 0.3 is 0 Å². The van der Waals surface area contributed by atoms with Gasteiger partial charge < -0.3 is 9.73 Å². The predicted octanol–water partition coefficient (Wildman–Crippen LogP) is 12.4. The number of aliphatic imine (C=N–C) groups is 2. The van der Waals surface area contributed by atoms with Crippen molar-refractivity contribution in [1.29, 1.82) is 0 Å². The molecule has 1 unspecified atom stereocenters. The molecule has 2 aromatic heterocycles. The summed E-state index contributed by atoms with van der Waals surface area (Å²) in [6.07, 6.45) is -0.337. The number of furan rings is 1. The third-order valence-corrected chi connectivity index (χ3v) is 11.5. The normalized spacial score (nSPS) is 14.7. The minimum Gasteiger partial charge on any atom is -0.456 e. The molecule has 244 valence electrons. The average Bonchev–Trinajstić information content (AvgIpc) is 3.79. The molecule has 0 spiro atoms. The van der Waals surface area contributed by atoms with Crippen molar-refractivity contribution in [3.8, 4) is 11.1 Å². The molecule has 3 heterocycles. The summed E-state index contributed by atoms with van der Waals surface area (Å²) in [4.78, 5) is 10.7. The lowest BCUT2D eigenvalue weighted by Crippen LogP contribution is -2.33. The third-order valence-electron chi connectivity index (χ3n) is 10.3. The highest BCUT2D eigenvalue weighted by Crippen LogP contribution is 2.42. The second-order valence-corrected chi connectivity index (χ2v) is 14.4. The monoisotopic (exact) mass is 683 g/mol. The molecular weight excluding hydrogens is 655 g/mol. The molecule has 0 radical (unpaired) electrons. The van der Waals surface area contributed by atoms with Gasteiger partial charge in [-0.05, 0) is 74.6 Å². The molecule has 0 saturated carbocycles. The van der Waals surface area contributed by atoms with Crippen molar-refractivity contribution in [2.75, 3.05) is 0 Å². The van der Waals surface area contributed by atoms with Gasteiger partial charge in [0.05, 0.1) is 0 Å². The van der Waals surface area contributed by atoms with Crippen molar-refractivity contribution in [1.82, 2.24) is 5.32 Å². The molecule has 0 saturated heterocycles. The molecule has 0 aliphatic carbocycles. The van der Waals surface area contributed by atoms with Gasteiger partial charge in [0, 0.05) is 42.1 Å². The fourth-order valence-electron chi connectivity index (χ4n) is 7.95. The Balaban J connectivity index is 1.15. The summed E-state index contributed by atoms with van der Waals surface area (Å²) in [6.45, 7) is 0. The lowest BCUT2D eigenvalue weighted by atomic mass is 9.95. The summed E-state index contributed by atoms with van der Waals surface area (Å²) < 4.78 is 9.20. The molecule has 10 aromatic rings. The summed E-state index contributed by atoms with van der Waals surface area (Å²) in [6, 6.07) is 57.9. The Morgan fingerprint density at radius 3 is 2.02 bits per heavy atom. The lowest BCUT2D eigenvalue weighted by molar-refractivity contribution is 0.668. The van der Waals surface area contributed by atoms with E-state index in [4.69, 9.17) is 14.4 Å². The van der Waals surface area contributed by atoms with Gasteiger partial charge in [-0.1, -0.05) is 127 Å². The topological polar surface area (TPSA) is 49.9 Å². The van der Waals surface area contributed by atoms with Crippen LogP contribution < -0.4 is 5.32 Å². The van der Waals surface area contributed by atoms with Crippen LogP contribution in [0.15, 0.2) is 178 Å². The zero-order valence-corrected chi connectivity index (χ0v) is 28.7. The Labute approximate surface area is 303 Å². The van der Waals surface area contributed by atoms with Crippen LogP contribution in [-0.4, -0.2) is 11.7 Å². The lowest BCUT2D eigenvalue weighted by Gasteiger charge is -2.24. The first-order valence-electron chi connectivity index (χ1n) is 17.5. The van der Waals surface area contributed by atoms with Crippen LogP contribution >= 0.6 is 11.3 Å². The van der Waals surface area contributed by atoms with Gasteiger partial charge in [0.1, 0.15) is 23.2 Å². The van der Waals surface area contributed by atoms with E-state index in [1.54, 1.807) is 0 Å². The number of nitrogens with one attached hydrogen (secondary N) is 1. The average molecular weight is 684 g/mol. The quantitative estimate of drug-likeness (QED) is 0.188. The van der Waals surface area contributed by atoms with Crippen LogP contribution in [0, 0.1) is 0 Å². The van der Waals surface area contributed by atoms with Gasteiger partial charge in [-0.3, -0.25) is 0 Å². The van der Waals surface area contributed by atoms with Gasteiger partial charge in [0.15, 0.2) is 5.84 Å². The number of amidine groups is 2. The highest BCUT2D eigenvalue weighted by molar-refractivity contribution is 7.25. The van der Waals surface area contributed by atoms with E-state index in [-0.39, 0.29) is 6.17 Å². The maximum atomic E-state index is 6.61. The van der Waals surface area contributed by atoms with Crippen molar-refractivity contribution >= 4 is 86.7 Å². The van der Waals surface area contributed by atoms with E-state index in [2.05, 4.69) is 163 Å². The first-order valence-corrected chi connectivity index (χ1v) is 18.3. The molecule has 4 nitrogen and oxygen atoms in total. The Kier molecular flexibility index (Phi) is 6.45. The molecule has 52 heavy (non-hydrogen) atoms. The number of nitrogens with zero attached hydrogens (tertiary/aromatic N) is 2. The van der Waals surface area contributed by atoms with E-state index in [9.17, 15) is 0 Å². The van der Waals surface area contributed by atoms with Crippen LogP contribution in [0.4, 0.5) is 0 Å². The van der Waals surface area contributed by atoms with E-state index in [1.165, 1.54) is 30.9 Å². The van der Waals surface area contributed by atoms with Gasteiger partial charge in [-0.15, -0.1) is 11.3 Å². The van der Waals surface area contributed by atoms with Crippen LogP contribution in [0.3, 0.4) is 0 Å². The molecule has 11 rings (SSSR count). The number of thiophene rings is 1. The zero-order chi connectivity index (χ0) is 34.2. The highest BCUT2D eigenvalue weighted by atomic mass is 32.1. The number of hydrogen-bond acceptors (Lipinski definition) is 5. The SMILES string of the molecule is c1ccc(C2N=C(c3cc4ccccc4c4ccccc34)N=C(c3cccc4oc5cccc(-c6ccc7sc8ccccc8c7c6)c5c34)N2)cc1. The molecule has 1 N–H and O–H groups in total. The number of hydrogen-bond donors (Lipinski definition) is 1. The largest absolute Gasteiger partial charge is 0.456 e. The summed E-state index contributed by atoms with van der Waals surface area (Å²) in [5.74, 6) is 1.46. The second kappa shape index (κ2) is 11.5. The molecule has 1 aliphatic heterocycles. The second-order valence-electron chi connectivity index (χ2n) is 13.3. The smallest absolute Gasteiger partial charge is 0.160 e. The molecule has 1 aliphatic rings.